The minimum absolute atomic E-state index is 0.123. The lowest BCUT2D eigenvalue weighted by Gasteiger charge is -2.14. The molecule has 0 aliphatic heterocycles. The highest BCUT2D eigenvalue weighted by atomic mass is 16.1. The van der Waals surface area contributed by atoms with Crippen LogP contribution in [0, 0.1) is 20.8 Å². The Morgan fingerprint density at radius 2 is 1.87 bits per heavy atom. The molecular formula is C12H15NO2. The van der Waals surface area contributed by atoms with Crippen LogP contribution >= 0.6 is 0 Å². The maximum atomic E-state index is 11.0. The van der Waals surface area contributed by atoms with Gasteiger partial charge in [-0.3, -0.25) is 9.59 Å². The molecule has 80 valence electrons. The molecule has 0 spiro atoms. The van der Waals surface area contributed by atoms with Gasteiger partial charge >= 0.3 is 0 Å². The van der Waals surface area contributed by atoms with E-state index in [1.54, 1.807) is 0 Å². The van der Waals surface area contributed by atoms with Gasteiger partial charge in [0.2, 0.25) is 5.91 Å². The quantitative estimate of drug-likeness (QED) is 0.753. The molecule has 15 heavy (non-hydrogen) atoms. The SMILES string of the molecule is CC(=O)Nc1c(C)cc(C)c(C=O)c1C. The Morgan fingerprint density at radius 1 is 1.27 bits per heavy atom. The lowest BCUT2D eigenvalue weighted by Crippen LogP contribution is -2.10. The van der Waals surface area contributed by atoms with E-state index in [1.807, 2.05) is 26.8 Å². The van der Waals surface area contributed by atoms with Gasteiger partial charge in [-0.15, -0.1) is 0 Å². The van der Waals surface area contributed by atoms with Crippen LogP contribution in [0.5, 0.6) is 0 Å². The maximum Gasteiger partial charge on any atom is 0.221 e. The zero-order valence-corrected chi connectivity index (χ0v) is 9.47. The first-order valence-corrected chi connectivity index (χ1v) is 4.81. The van der Waals surface area contributed by atoms with Gasteiger partial charge in [0.05, 0.1) is 0 Å². The second-order valence-corrected chi connectivity index (χ2v) is 3.72. The molecule has 1 aromatic rings. The predicted octanol–water partition coefficient (Wildman–Crippen LogP) is 2.38. The van der Waals surface area contributed by atoms with Gasteiger partial charge in [-0.1, -0.05) is 6.07 Å². The second kappa shape index (κ2) is 4.26. The smallest absolute Gasteiger partial charge is 0.221 e. The Hall–Kier alpha value is -1.64. The second-order valence-electron chi connectivity index (χ2n) is 3.72. The van der Waals surface area contributed by atoms with Crippen LogP contribution < -0.4 is 5.32 Å². The Kier molecular flexibility index (Phi) is 3.24. The molecule has 0 radical (unpaired) electrons. The third-order valence-electron chi connectivity index (χ3n) is 2.45. The normalized spacial score (nSPS) is 9.87. The van der Waals surface area contributed by atoms with E-state index in [0.717, 1.165) is 28.7 Å². The van der Waals surface area contributed by atoms with Gasteiger partial charge < -0.3 is 5.32 Å². The first-order valence-electron chi connectivity index (χ1n) is 4.81. The van der Waals surface area contributed by atoms with Crippen molar-refractivity contribution in [1.82, 2.24) is 0 Å². The fourth-order valence-corrected chi connectivity index (χ4v) is 1.75. The first-order chi connectivity index (χ1) is 6.97. The summed E-state index contributed by atoms with van der Waals surface area (Å²) in [4.78, 5) is 21.9. The summed E-state index contributed by atoms with van der Waals surface area (Å²) in [6.07, 6.45) is 0.829. The van der Waals surface area contributed by atoms with E-state index in [-0.39, 0.29) is 5.91 Å². The fourth-order valence-electron chi connectivity index (χ4n) is 1.75. The molecule has 0 aliphatic rings. The van der Waals surface area contributed by atoms with E-state index in [1.165, 1.54) is 6.92 Å². The summed E-state index contributed by atoms with van der Waals surface area (Å²) in [5.74, 6) is -0.123. The molecule has 0 heterocycles. The van der Waals surface area contributed by atoms with Crippen molar-refractivity contribution in [1.29, 1.82) is 0 Å². The highest BCUT2D eigenvalue weighted by molar-refractivity contribution is 5.93. The van der Waals surface area contributed by atoms with Crippen molar-refractivity contribution in [2.45, 2.75) is 27.7 Å². The number of carbonyl (C=O) groups excluding carboxylic acids is 2. The number of carbonyl (C=O) groups is 2. The van der Waals surface area contributed by atoms with Gasteiger partial charge in [0.25, 0.3) is 0 Å². The van der Waals surface area contributed by atoms with Crippen molar-refractivity contribution in [3.8, 4) is 0 Å². The molecule has 3 nitrogen and oxygen atoms in total. The van der Waals surface area contributed by atoms with Gasteiger partial charge in [0, 0.05) is 18.2 Å². The molecule has 0 aromatic heterocycles. The number of aryl methyl sites for hydroxylation is 2. The lowest BCUT2D eigenvalue weighted by molar-refractivity contribution is -0.114. The highest BCUT2D eigenvalue weighted by Crippen LogP contribution is 2.25. The van der Waals surface area contributed by atoms with E-state index in [9.17, 15) is 9.59 Å². The maximum absolute atomic E-state index is 11.0. The molecule has 1 rings (SSSR count). The van der Waals surface area contributed by atoms with Gasteiger partial charge in [-0.05, 0) is 37.5 Å². The number of hydrogen-bond donors (Lipinski definition) is 1. The number of rotatable bonds is 2. The number of anilines is 1. The molecule has 0 aliphatic carbocycles. The summed E-state index contributed by atoms with van der Waals surface area (Å²) in [6, 6.07) is 1.90. The van der Waals surface area contributed by atoms with Crippen LogP contribution in [0.4, 0.5) is 5.69 Å². The fraction of sp³-hybridized carbons (Fsp3) is 0.333. The molecular weight excluding hydrogens is 190 g/mol. The summed E-state index contributed by atoms with van der Waals surface area (Å²) < 4.78 is 0. The minimum atomic E-state index is -0.123. The van der Waals surface area contributed by atoms with Crippen LogP contribution in [-0.4, -0.2) is 12.2 Å². The third-order valence-corrected chi connectivity index (χ3v) is 2.45. The van der Waals surface area contributed by atoms with Gasteiger partial charge in [0.1, 0.15) is 0 Å². The number of nitrogens with one attached hydrogen (secondary N) is 1. The zero-order valence-electron chi connectivity index (χ0n) is 9.47. The van der Waals surface area contributed by atoms with E-state index in [4.69, 9.17) is 0 Å². The molecule has 3 heteroatoms. The summed E-state index contributed by atoms with van der Waals surface area (Å²) in [5, 5.41) is 2.75. The molecule has 0 saturated heterocycles. The largest absolute Gasteiger partial charge is 0.326 e. The number of aldehydes is 1. The summed E-state index contributed by atoms with van der Waals surface area (Å²) >= 11 is 0. The standard InChI is InChI=1S/C12H15NO2/c1-7-5-8(2)12(13-10(4)15)9(3)11(7)6-14/h5-6H,1-4H3,(H,13,15). The van der Waals surface area contributed by atoms with Crippen molar-refractivity contribution in [3.05, 3.63) is 28.3 Å². The average Bonchev–Trinajstić information content (AvgIpc) is 2.12. The lowest BCUT2D eigenvalue weighted by atomic mass is 9.98. The van der Waals surface area contributed by atoms with E-state index in [0.29, 0.717) is 5.56 Å². The molecule has 1 amide bonds. The minimum Gasteiger partial charge on any atom is -0.326 e. The molecule has 1 N–H and O–H groups in total. The summed E-state index contributed by atoms with van der Waals surface area (Å²) in [6.45, 7) is 7.11. The summed E-state index contributed by atoms with van der Waals surface area (Å²) in [7, 11) is 0. The van der Waals surface area contributed by atoms with Crippen molar-refractivity contribution < 1.29 is 9.59 Å². The van der Waals surface area contributed by atoms with Crippen molar-refractivity contribution in [3.63, 3.8) is 0 Å². The van der Waals surface area contributed by atoms with Crippen LogP contribution in [0.1, 0.15) is 34.0 Å². The van der Waals surface area contributed by atoms with E-state index < -0.39 is 0 Å². The molecule has 0 fully saturated rings. The van der Waals surface area contributed by atoms with Crippen LogP contribution in [0.15, 0.2) is 6.07 Å². The highest BCUT2D eigenvalue weighted by Gasteiger charge is 2.10. The van der Waals surface area contributed by atoms with E-state index >= 15 is 0 Å². The van der Waals surface area contributed by atoms with Crippen molar-refractivity contribution in [2.75, 3.05) is 5.32 Å². The molecule has 0 saturated carbocycles. The van der Waals surface area contributed by atoms with Gasteiger partial charge in [-0.2, -0.15) is 0 Å². The Labute approximate surface area is 89.5 Å². The van der Waals surface area contributed by atoms with Crippen LogP contribution in [0.2, 0.25) is 0 Å². The van der Waals surface area contributed by atoms with Gasteiger partial charge in [-0.25, -0.2) is 0 Å². The van der Waals surface area contributed by atoms with E-state index in [2.05, 4.69) is 5.32 Å². The number of benzene rings is 1. The topological polar surface area (TPSA) is 46.2 Å². The molecule has 1 aromatic carbocycles. The third kappa shape index (κ3) is 2.24. The molecule has 0 unspecified atom stereocenters. The Balaban J connectivity index is 3.38. The average molecular weight is 205 g/mol. The summed E-state index contributed by atoms with van der Waals surface area (Å²) in [5.41, 5.74) is 4.15. The monoisotopic (exact) mass is 205 g/mol. The number of amides is 1. The molecule has 0 atom stereocenters. The van der Waals surface area contributed by atoms with Crippen molar-refractivity contribution >= 4 is 17.9 Å². The van der Waals surface area contributed by atoms with Crippen LogP contribution in [-0.2, 0) is 4.79 Å². The van der Waals surface area contributed by atoms with Crippen LogP contribution in [0.3, 0.4) is 0 Å². The van der Waals surface area contributed by atoms with Crippen LogP contribution in [0.25, 0.3) is 0 Å². The van der Waals surface area contributed by atoms with Crippen molar-refractivity contribution in [2.24, 2.45) is 0 Å². The number of hydrogen-bond acceptors (Lipinski definition) is 2. The zero-order chi connectivity index (χ0) is 11.6. The van der Waals surface area contributed by atoms with Gasteiger partial charge in [0.15, 0.2) is 6.29 Å². The first kappa shape index (κ1) is 11.4. The Morgan fingerprint density at radius 3 is 2.33 bits per heavy atom. The predicted molar refractivity (Wildman–Crippen MR) is 60.3 cm³/mol. The Bertz CT molecular complexity index is 422. The molecule has 0 bridgehead atoms.